The SMILES string of the molecule is Oc1c(-c2c[nH]c3ccccc23)c(-c2cn3c4c(cccc24)CCC3)c(O)n1-c1ccccc1. The summed E-state index contributed by atoms with van der Waals surface area (Å²) in [6, 6.07) is 23.9. The molecule has 0 bridgehead atoms. The lowest BCUT2D eigenvalue weighted by Crippen LogP contribution is -2.05. The molecule has 1 aliphatic heterocycles. The molecule has 4 heterocycles. The van der Waals surface area contributed by atoms with Crippen LogP contribution in [0.4, 0.5) is 0 Å². The van der Waals surface area contributed by atoms with Crippen molar-refractivity contribution in [1.82, 2.24) is 14.1 Å². The lowest BCUT2D eigenvalue weighted by atomic mass is 9.96. The van der Waals surface area contributed by atoms with E-state index in [1.807, 2.05) is 60.8 Å². The molecule has 0 unspecified atom stereocenters. The average Bonchev–Trinajstić information content (AvgIpc) is 3.53. The van der Waals surface area contributed by atoms with Gasteiger partial charge in [-0.15, -0.1) is 0 Å². The maximum atomic E-state index is 11.7. The summed E-state index contributed by atoms with van der Waals surface area (Å²) in [5.74, 6) is 0.0584. The second-order valence-electron chi connectivity index (χ2n) is 8.97. The Balaban J connectivity index is 1.61. The fourth-order valence-electron chi connectivity index (χ4n) is 5.61. The van der Waals surface area contributed by atoms with Crippen LogP contribution in [-0.4, -0.2) is 24.3 Å². The number of aryl methyl sites for hydroxylation is 2. The Bertz CT molecular complexity index is 1700. The van der Waals surface area contributed by atoms with Crippen molar-refractivity contribution >= 4 is 21.8 Å². The molecule has 0 aliphatic carbocycles. The number of benzene rings is 3. The van der Waals surface area contributed by atoms with Crippen molar-refractivity contribution in [2.75, 3.05) is 0 Å². The van der Waals surface area contributed by atoms with Crippen LogP contribution < -0.4 is 0 Å². The topological polar surface area (TPSA) is 66.1 Å². The molecule has 0 atom stereocenters. The molecule has 5 nitrogen and oxygen atoms in total. The van der Waals surface area contributed by atoms with Crippen LogP contribution in [0.2, 0.25) is 0 Å². The van der Waals surface area contributed by atoms with Gasteiger partial charge in [0.05, 0.1) is 22.3 Å². The van der Waals surface area contributed by atoms with Crippen molar-refractivity contribution in [2.24, 2.45) is 0 Å². The fraction of sp³-hybridized carbons (Fsp3) is 0.103. The van der Waals surface area contributed by atoms with Crippen molar-refractivity contribution < 1.29 is 10.2 Å². The summed E-state index contributed by atoms with van der Waals surface area (Å²) in [5.41, 5.74) is 7.31. The van der Waals surface area contributed by atoms with Gasteiger partial charge >= 0.3 is 0 Å². The molecular formula is C29H23N3O2. The Labute approximate surface area is 196 Å². The minimum absolute atomic E-state index is 0.0235. The summed E-state index contributed by atoms with van der Waals surface area (Å²) in [6.07, 6.45) is 6.20. The number of aromatic amines is 1. The molecule has 6 aromatic rings. The molecule has 0 fully saturated rings. The zero-order valence-electron chi connectivity index (χ0n) is 18.5. The zero-order chi connectivity index (χ0) is 22.8. The number of para-hydroxylation sites is 3. The van der Waals surface area contributed by atoms with Gasteiger partial charge in [-0.25, -0.2) is 0 Å². The van der Waals surface area contributed by atoms with Crippen molar-refractivity contribution in [2.45, 2.75) is 19.4 Å². The quantitative estimate of drug-likeness (QED) is 0.287. The van der Waals surface area contributed by atoms with Gasteiger partial charge in [0.1, 0.15) is 0 Å². The minimum atomic E-state index is 0.0235. The van der Waals surface area contributed by atoms with Crippen LogP contribution >= 0.6 is 0 Å². The van der Waals surface area contributed by atoms with Crippen LogP contribution in [0.3, 0.4) is 0 Å². The van der Waals surface area contributed by atoms with Gasteiger partial charge in [-0.2, -0.15) is 0 Å². The zero-order valence-corrected chi connectivity index (χ0v) is 18.5. The van der Waals surface area contributed by atoms with E-state index in [0.717, 1.165) is 46.8 Å². The van der Waals surface area contributed by atoms with Crippen LogP contribution in [0, 0.1) is 0 Å². The number of nitrogens with one attached hydrogen (secondary N) is 1. The first-order chi connectivity index (χ1) is 16.7. The Morgan fingerprint density at radius 3 is 2.32 bits per heavy atom. The monoisotopic (exact) mass is 445 g/mol. The largest absolute Gasteiger partial charge is 0.494 e. The Morgan fingerprint density at radius 1 is 0.735 bits per heavy atom. The highest BCUT2D eigenvalue weighted by atomic mass is 16.3. The third kappa shape index (κ3) is 2.55. The molecule has 0 saturated heterocycles. The molecule has 34 heavy (non-hydrogen) atoms. The third-order valence-corrected chi connectivity index (χ3v) is 7.09. The third-order valence-electron chi connectivity index (χ3n) is 7.09. The Kier molecular flexibility index (Phi) is 3.97. The van der Waals surface area contributed by atoms with Crippen LogP contribution in [0.5, 0.6) is 11.8 Å². The van der Waals surface area contributed by atoms with E-state index in [0.29, 0.717) is 16.8 Å². The summed E-state index contributed by atoms with van der Waals surface area (Å²) in [7, 11) is 0. The van der Waals surface area contributed by atoms with E-state index in [9.17, 15) is 10.2 Å². The second kappa shape index (κ2) is 7.06. The molecular weight excluding hydrogens is 422 g/mol. The highest BCUT2D eigenvalue weighted by Crippen LogP contribution is 2.52. The molecule has 3 aromatic heterocycles. The molecule has 7 rings (SSSR count). The van der Waals surface area contributed by atoms with Crippen molar-refractivity contribution in [3.63, 3.8) is 0 Å². The summed E-state index contributed by atoms with van der Waals surface area (Å²) in [5, 5.41) is 25.4. The van der Waals surface area contributed by atoms with Crippen LogP contribution in [0.1, 0.15) is 12.0 Å². The molecule has 0 spiro atoms. The first kappa shape index (κ1) is 19.1. The van der Waals surface area contributed by atoms with E-state index < -0.39 is 0 Å². The van der Waals surface area contributed by atoms with Crippen molar-refractivity contribution in [1.29, 1.82) is 0 Å². The number of hydrogen-bond acceptors (Lipinski definition) is 2. The molecule has 0 saturated carbocycles. The van der Waals surface area contributed by atoms with E-state index in [2.05, 4.69) is 33.9 Å². The van der Waals surface area contributed by atoms with Gasteiger partial charge in [0, 0.05) is 46.4 Å². The van der Waals surface area contributed by atoms with E-state index in [1.54, 1.807) is 4.57 Å². The molecule has 1 aliphatic rings. The number of aromatic hydroxyl groups is 2. The molecule has 0 radical (unpaired) electrons. The predicted octanol–water partition coefficient (Wildman–Crippen LogP) is 6.60. The van der Waals surface area contributed by atoms with Crippen LogP contribution in [-0.2, 0) is 13.0 Å². The number of rotatable bonds is 3. The fourth-order valence-corrected chi connectivity index (χ4v) is 5.61. The van der Waals surface area contributed by atoms with Gasteiger partial charge in [-0.05, 0) is 36.6 Å². The lowest BCUT2D eigenvalue weighted by molar-refractivity contribution is 0.404. The van der Waals surface area contributed by atoms with E-state index in [1.165, 1.54) is 11.1 Å². The number of hydrogen-bond donors (Lipinski definition) is 3. The predicted molar refractivity (Wildman–Crippen MR) is 136 cm³/mol. The minimum Gasteiger partial charge on any atom is -0.494 e. The summed E-state index contributed by atoms with van der Waals surface area (Å²) < 4.78 is 3.83. The van der Waals surface area contributed by atoms with Crippen LogP contribution in [0.25, 0.3) is 49.7 Å². The van der Waals surface area contributed by atoms with Crippen LogP contribution in [0.15, 0.2) is 85.2 Å². The summed E-state index contributed by atoms with van der Waals surface area (Å²) >= 11 is 0. The molecule has 166 valence electrons. The first-order valence-electron chi connectivity index (χ1n) is 11.6. The molecule has 3 N–H and O–H groups in total. The smallest absolute Gasteiger partial charge is 0.207 e. The first-order valence-corrected chi connectivity index (χ1v) is 11.6. The highest BCUT2D eigenvalue weighted by molar-refractivity contribution is 6.08. The van der Waals surface area contributed by atoms with Crippen molar-refractivity contribution in [3.8, 4) is 39.7 Å². The molecule has 5 heteroatoms. The standard InChI is InChI=1S/C29H23N3O2/c33-28-25(22-16-30-24-14-5-4-12-20(22)24)26(29(34)32(28)19-10-2-1-3-11-19)23-17-31-15-7-9-18-8-6-13-21(23)27(18)31/h1-6,8,10-14,16-17,30,33-34H,7,9,15H2. The molecule has 0 amide bonds. The van der Waals surface area contributed by atoms with Gasteiger partial charge in [-0.3, -0.25) is 4.57 Å². The van der Waals surface area contributed by atoms with Gasteiger partial charge in [-0.1, -0.05) is 54.6 Å². The summed E-state index contributed by atoms with van der Waals surface area (Å²) in [6.45, 7) is 0.946. The summed E-state index contributed by atoms with van der Waals surface area (Å²) in [4.78, 5) is 3.33. The average molecular weight is 446 g/mol. The maximum absolute atomic E-state index is 11.7. The van der Waals surface area contributed by atoms with E-state index in [-0.39, 0.29) is 11.8 Å². The van der Waals surface area contributed by atoms with E-state index >= 15 is 0 Å². The maximum Gasteiger partial charge on any atom is 0.207 e. The number of aromatic nitrogens is 3. The normalized spacial score (nSPS) is 13.2. The van der Waals surface area contributed by atoms with E-state index in [4.69, 9.17) is 0 Å². The number of fused-ring (bicyclic) bond motifs is 1. The van der Waals surface area contributed by atoms with Gasteiger partial charge < -0.3 is 19.8 Å². The second-order valence-corrected chi connectivity index (χ2v) is 8.97. The Morgan fingerprint density at radius 2 is 1.47 bits per heavy atom. The number of H-pyrrole nitrogens is 1. The number of nitrogens with zero attached hydrogens (tertiary/aromatic N) is 2. The molecule has 3 aromatic carbocycles. The van der Waals surface area contributed by atoms with Gasteiger partial charge in [0.15, 0.2) is 0 Å². The Hall–Kier alpha value is -4.38. The van der Waals surface area contributed by atoms with Crippen molar-refractivity contribution in [3.05, 3.63) is 90.8 Å². The van der Waals surface area contributed by atoms with Gasteiger partial charge in [0.25, 0.3) is 0 Å². The van der Waals surface area contributed by atoms with Gasteiger partial charge in [0.2, 0.25) is 11.8 Å². The lowest BCUT2D eigenvalue weighted by Gasteiger charge is -2.14. The highest BCUT2D eigenvalue weighted by Gasteiger charge is 2.30.